The lowest BCUT2D eigenvalue weighted by molar-refractivity contribution is -0.126. The first-order chi connectivity index (χ1) is 9.42. The summed E-state index contributed by atoms with van der Waals surface area (Å²) < 4.78 is 5.09. The summed E-state index contributed by atoms with van der Waals surface area (Å²) in [7, 11) is 1.65. The van der Waals surface area contributed by atoms with Gasteiger partial charge in [0.15, 0.2) is 0 Å². The van der Waals surface area contributed by atoms with Gasteiger partial charge in [0.2, 0.25) is 5.91 Å². The molecule has 0 spiro atoms. The highest BCUT2D eigenvalue weighted by atomic mass is 32.1. The second-order valence-electron chi connectivity index (χ2n) is 5.12. The summed E-state index contributed by atoms with van der Waals surface area (Å²) in [6.07, 6.45) is 2.66. The van der Waals surface area contributed by atoms with Crippen molar-refractivity contribution in [2.75, 3.05) is 26.8 Å². The van der Waals surface area contributed by atoms with Crippen LogP contribution in [0.5, 0.6) is 0 Å². The first-order valence-corrected chi connectivity index (χ1v) is 7.64. The number of thiocarbonyl (C=S) groups is 1. The fraction of sp³-hybridized carbons (Fsp3) is 0.857. The number of ether oxygens (including phenoxy) is 1. The van der Waals surface area contributed by atoms with E-state index in [9.17, 15) is 4.79 Å². The normalized spacial score (nSPS) is 14.1. The predicted octanol–water partition coefficient (Wildman–Crippen LogP) is 1.30. The van der Waals surface area contributed by atoms with E-state index in [0.717, 1.165) is 12.8 Å². The average Bonchev–Trinajstić information content (AvgIpc) is 2.38. The van der Waals surface area contributed by atoms with E-state index in [0.29, 0.717) is 31.1 Å². The number of rotatable bonds is 11. The van der Waals surface area contributed by atoms with Crippen LogP contribution in [0.15, 0.2) is 0 Å². The van der Waals surface area contributed by atoms with Crippen molar-refractivity contribution in [2.45, 2.75) is 52.1 Å². The lowest BCUT2D eigenvalue weighted by Crippen LogP contribution is -2.49. The fourth-order valence-corrected chi connectivity index (χ4v) is 2.09. The van der Waals surface area contributed by atoms with Crippen molar-refractivity contribution in [1.82, 2.24) is 10.2 Å². The zero-order valence-corrected chi connectivity index (χ0v) is 14.0. The van der Waals surface area contributed by atoms with Gasteiger partial charge in [0.05, 0.1) is 17.6 Å². The summed E-state index contributed by atoms with van der Waals surface area (Å²) in [6.45, 7) is 8.00. The summed E-state index contributed by atoms with van der Waals surface area (Å²) in [5, 5.41) is 3.04. The molecule has 0 fully saturated rings. The molecule has 0 aromatic carbocycles. The molecule has 2 atom stereocenters. The van der Waals surface area contributed by atoms with E-state index in [1.807, 2.05) is 13.8 Å². The molecule has 0 heterocycles. The summed E-state index contributed by atoms with van der Waals surface area (Å²) in [5.74, 6) is 0.0463. The van der Waals surface area contributed by atoms with Gasteiger partial charge in [-0.3, -0.25) is 9.69 Å². The van der Waals surface area contributed by atoms with E-state index < -0.39 is 0 Å². The Bertz CT molecular complexity index is 300. The molecule has 3 N–H and O–H groups in total. The van der Waals surface area contributed by atoms with Gasteiger partial charge < -0.3 is 15.8 Å². The minimum atomic E-state index is -0.209. The number of carbonyl (C=O) groups excluding carboxylic acids is 1. The van der Waals surface area contributed by atoms with Crippen LogP contribution in [0.25, 0.3) is 0 Å². The highest BCUT2D eigenvalue weighted by Crippen LogP contribution is 2.03. The summed E-state index contributed by atoms with van der Waals surface area (Å²) >= 11 is 4.90. The topological polar surface area (TPSA) is 67.6 Å². The molecule has 0 radical (unpaired) electrons. The molecule has 0 bridgehead atoms. The molecule has 118 valence electrons. The lowest BCUT2D eigenvalue weighted by atomic mass is 10.1. The molecule has 0 aliphatic heterocycles. The zero-order chi connectivity index (χ0) is 15.5. The van der Waals surface area contributed by atoms with E-state index >= 15 is 0 Å². The maximum absolute atomic E-state index is 12.2. The average molecular weight is 303 g/mol. The van der Waals surface area contributed by atoms with Crippen molar-refractivity contribution >= 4 is 23.1 Å². The predicted molar refractivity (Wildman–Crippen MR) is 86.8 cm³/mol. The minimum absolute atomic E-state index is 0.0463. The maximum Gasteiger partial charge on any atom is 0.237 e. The fourth-order valence-electron chi connectivity index (χ4n) is 2.00. The van der Waals surface area contributed by atoms with Gasteiger partial charge in [-0.05, 0) is 20.3 Å². The Labute approximate surface area is 128 Å². The maximum atomic E-state index is 12.2. The summed E-state index contributed by atoms with van der Waals surface area (Å²) in [6, 6.07) is -0.00591. The highest BCUT2D eigenvalue weighted by molar-refractivity contribution is 7.80. The largest absolute Gasteiger partial charge is 0.393 e. The Morgan fingerprint density at radius 3 is 2.55 bits per heavy atom. The van der Waals surface area contributed by atoms with Crippen molar-refractivity contribution in [1.29, 1.82) is 0 Å². The molecule has 2 unspecified atom stereocenters. The molecule has 0 saturated carbocycles. The molecule has 0 rings (SSSR count). The number of nitrogens with zero attached hydrogens (tertiary/aromatic N) is 1. The zero-order valence-electron chi connectivity index (χ0n) is 13.1. The van der Waals surface area contributed by atoms with E-state index in [1.54, 1.807) is 7.11 Å². The van der Waals surface area contributed by atoms with Crippen LogP contribution in [0, 0.1) is 0 Å². The lowest BCUT2D eigenvalue weighted by Gasteiger charge is -2.29. The molecule has 0 aromatic rings. The first kappa shape index (κ1) is 19.3. The monoisotopic (exact) mass is 303 g/mol. The Hall–Kier alpha value is -0.720. The molecule has 20 heavy (non-hydrogen) atoms. The molecular formula is C14H29N3O2S. The van der Waals surface area contributed by atoms with Crippen LogP contribution < -0.4 is 11.1 Å². The Morgan fingerprint density at radius 2 is 2.05 bits per heavy atom. The first-order valence-electron chi connectivity index (χ1n) is 7.24. The molecule has 5 nitrogen and oxygen atoms in total. The number of hydrogen-bond donors (Lipinski definition) is 2. The number of methoxy groups -OCH3 is 1. The molecule has 0 aliphatic carbocycles. The minimum Gasteiger partial charge on any atom is -0.393 e. The molecular weight excluding hydrogens is 274 g/mol. The number of nitrogens with one attached hydrogen (secondary N) is 1. The number of amides is 1. The van der Waals surface area contributed by atoms with E-state index in [4.69, 9.17) is 22.7 Å². The Balaban J connectivity index is 4.45. The molecule has 1 amide bonds. The van der Waals surface area contributed by atoms with E-state index in [1.165, 1.54) is 0 Å². The second-order valence-corrected chi connectivity index (χ2v) is 5.64. The van der Waals surface area contributed by atoms with Crippen molar-refractivity contribution in [2.24, 2.45) is 5.73 Å². The van der Waals surface area contributed by atoms with Gasteiger partial charge in [0, 0.05) is 32.7 Å². The molecule has 0 aliphatic rings. The van der Waals surface area contributed by atoms with Crippen LogP contribution in [0.2, 0.25) is 0 Å². The highest BCUT2D eigenvalue weighted by Gasteiger charge is 2.21. The third-order valence-electron chi connectivity index (χ3n) is 3.27. The second kappa shape index (κ2) is 11.0. The number of carbonyl (C=O) groups is 1. The van der Waals surface area contributed by atoms with Crippen LogP contribution in [0.3, 0.4) is 0 Å². The van der Waals surface area contributed by atoms with Crippen LogP contribution in [-0.2, 0) is 9.53 Å². The van der Waals surface area contributed by atoms with Gasteiger partial charge in [-0.2, -0.15) is 0 Å². The van der Waals surface area contributed by atoms with Crippen molar-refractivity contribution in [3.63, 3.8) is 0 Å². The number of hydrogen-bond acceptors (Lipinski definition) is 4. The van der Waals surface area contributed by atoms with Gasteiger partial charge in [-0.15, -0.1) is 0 Å². The SMILES string of the molecule is CCCC(C)NC(=O)C(C)N(CCOC)CCC(N)=S. The van der Waals surface area contributed by atoms with Crippen LogP contribution >= 0.6 is 12.2 Å². The van der Waals surface area contributed by atoms with Crippen molar-refractivity contribution in [3.8, 4) is 0 Å². The molecule has 0 aromatic heterocycles. The van der Waals surface area contributed by atoms with Crippen LogP contribution in [-0.4, -0.2) is 54.7 Å². The summed E-state index contributed by atoms with van der Waals surface area (Å²) in [4.78, 5) is 14.7. The van der Waals surface area contributed by atoms with Gasteiger partial charge in [0.25, 0.3) is 0 Å². The van der Waals surface area contributed by atoms with Gasteiger partial charge >= 0.3 is 0 Å². The Kier molecular flexibility index (Phi) is 10.6. The van der Waals surface area contributed by atoms with Crippen LogP contribution in [0.1, 0.15) is 40.0 Å². The smallest absolute Gasteiger partial charge is 0.237 e. The van der Waals surface area contributed by atoms with E-state index in [-0.39, 0.29) is 18.0 Å². The molecule has 0 saturated heterocycles. The third-order valence-corrected chi connectivity index (χ3v) is 3.47. The Morgan fingerprint density at radius 1 is 1.40 bits per heavy atom. The van der Waals surface area contributed by atoms with Gasteiger partial charge in [0.1, 0.15) is 0 Å². The number of nitrogens with two attached hydrogens (primary N) is 1. The van der Waals surface area contributed by atoms with Crippen molar-refractivity contribution < 1.29 is 9.53 Å². The quantitative estimate of drug-likeness (QED) is 0.563. The van der Waals surface area contributed by atoms with Gasteiger partial charge in [-0.25, -0.2) is 0 Å². The van der Waals surface area contributed by atoms with E-state index in [2.05, 4.69) is 17.1 Å². The van der Waals surface area contributed by atoms with Gasteiger partial charge in [-0.1, -0.05) is 25.6 Å². The third kappa shape index (κ3) is 8.45. The summed E-state index contributed by atoms with van der Waals surface area (Å²) in [5.41, 5.74) is 5.54. The van der Waals surface area contributed by atoms with Crippen molar-refractivity contribution in [3.05, 3.63) is 0 Å². The van der Waals surface area contributed by atoms with Crippen LogP contribution in [0.4, 0.5) is 0 Å². The molecule has 6 heteroatoms. The standard InChI is InChI=1S/C14H29N3O2S/c1-5-6-11(2)16-14(18)12(3)17(9-10-19-4)8-7-13(15)20/h11-12H,5-10H2,1-4H3,(H2,15,20)(H,16,18).